The molecule has 0 spiro atoms. The SMILES string of the molecule is C=CCOCCOCCOCCOCCOCCOCCOCCOCCO[Si](C)(C)C. The van der Waals surface area contributed by atoms with Crippen molar-refractivity contribution < 1.29 is 42.3 Å². The Morgan fingerprint density at radius 3 is 0.938 bits per heavy atom. The number of hydrogen-bond acceptors (Lipinski definition) is 9. The Balaban J connectivity index is 3.03. The van der Waals surface area contributed by atoms with Crippen LogP contribution in [0, 0.1) is 0 Å². The van der Waals surface area contributed by atoms with E-state index in [4.69, 9.17) is 42.3 Å². The smallest absolute Gasteiger partial charge is 0.183 e. The Hall–Kier alpha value is -0.403. The molecule has 192 valence electrons. The Kier molecular flexibility index (Phi) is 24.9. The van der Waals surface area contributed by atoms with Gasteiger partial charge >= 0.3 is 0 Å². The maximum atomic E-state index is 5.70. The second-order valence-corrected chi connectivity index (χ2v) is 12.1. The molecule has 0 fully saturated rings. The summed E-state index contributed by atoms with van der Waals surface area (Å²) < 4.78 is 48.9. The quantitative estimate of drug-likeness (QED) is 0.0993. The molecule has 0 aromatic heterocycles. The average Bonchev–Trinajstić information content (AvgIpc) is 2.75. The van der Waals surface area contributed by atoms with Gasteiger partial charge in [-0.3, -0.25) is 0 Å². The van der Waals surface area contributed by atoms with Gasteiger partial charge in [0.1, 0.15) is 0 Å². The van der Waals surface area contributed by atoms with Gasteiger partial charge in [0, 0.05) is 0 Å². The molecule has 32 heavy (non-hydrogen) atoms. The third-order valence-electron chi connectivity index (χ3n) is 3.60. The summed E-state index contributed by atoms with van der Waals surface area (Å²) in [5, 5.41) is 0. The Labute approximate surface area is 195 Å². The van der Waals surface area contributed by atoms with Gasteiger partial charge < -0.3 is 42.3 Å². The molecule has 0 aromatic carbocycles. The molecule has 0 radical (unpaired) electrons. The summed E-state index contributed by atoms with van der Waals surface area (Å²) in [6.07, 6.45) is 1.71. The third-order valence-corrected chi connectivity index (χ3v) is 4.67. The molecule has 0 aliphatic carbocycles. The second kappa shape index (κ2) is 25.2. The van der Waals surface area contributed by atoms with Crippen molar-refractivity contribution >= 4 is 8.32 Å². The van der Waals surface area contributed by atoms with E-state index >= 15 is 0 Å². The second-order valence-electron chi connectivity index (χ2n) is 7.61. The highest BCUT2D eigenvalue weighted by Gasteiger charge is 2.12. The molecular formula is C22H46O9Si. The molecule has 0 N–H and O–H groups in total. The van der Waals surface area contributed by atoms with E-state index in [0.717, 1.165) is 0 Å². The van der Waals surface area contributed by atoms with E-state index in [9.17, 15) is 0 Å². The zero-order chi connectivity index (χ0) is 23.6. The van der Waals surface area contributed by atoms with Gasteiger partial charge in [0.15, 0.2) is 8.32 Å². The van der Waals surface area contributed by atoms with Crippen molar-refractivity contribution in [3.05, 3.63) is 12.7 Å². The van der Waals surface area contributed by atoms with Gasteiger partial charge in [-0.25, -0.2) is 0 Å². The lowest BCUT2D eigenvalue weighted by atomic mass is 10.6. The fourth-order valence-electron chi connectivity index (χ4n) is 2.11. The zero-order valence-corrected chi connectivity index (χ0v) is 21.5. The molecule has 9 nitrogen and oxygen atoms in total. The van der Waals surface area contributed by atoms with Crippen LogP contribution in [0.25, 0.3) is 0 Å². The normalized spacial score (nSPS) is 11.8. The van der Waals surface area contributed by atoms with E-state index in [-0.39, 0.29) is 0 Å². The van der Waals surface area contributed by atoms with Gasteiger partial charge in [-0.15, -0.1) is 6.58 Å². The average molecular weight is 483 g/mol. The van der Waals surface area contributed by atoms with Crippen molar-refractivity contribution in [1.29, 1.82) is 0 Å². The van der Waals surface area contributed by atoms with Crippen molar-refractivity contribution in [3.8, 4) is 0 Å². The first-order valence-corrected chi connectivity index (χ1v) is 14.8. The predicted octanol–water partition coefficient (Wildman–Crippen LogP) is 2.16. The van der Waals surface area contributed by atoms with Gasteiger partial charge in [0.05, 0.1) is 112 Å². The minimum Gasteiger partial charge on any atom is -0.415 e. The summed E-state index contributed by atoms with van der Waals surface area (Å²) in [7, 11) is -1.44. The first-order chi connectivity index (χ1) is 15.6. The summed E-state index contributed by atoms with van der Waals surface area (Å²) in [6.45, 7) is 19.5. The minimum absolute atomic E-state index is 0.534. The summed E-state index contributed by atoms with van der Waals surface area (Å²) in [5.74, 6) is 0. The fraction of sp³-hybridized carbons (Fsp3) is 0.909. The van der Waals surface area contributed by atoms with Gasteiger partial charge in [-0.1, -0.05) is 6.08 Å². The molecular weight excluding hydrogens is 436 g/mol. The van der Waals surface area contributed by atoms with E-state index < -0.39 is 8.32 Å². The van der Waals surface area contributed by atoms with Crippen LogP contribution in [0.4, 0.5) is 0 Å². The lowest BCUT2D eigenvalue weighted by molar-refractivity contribution is -0.0232. The van der Waals surface area contributed by atoms with Gasteiger partial charge in [-0.05, 0) is 19.6 Å². The topological polar surface area (TPSA) is 83.1 Å². The number of rotatable bonds is 27. The van der Waals surface area contributed by atoms with Crippen LogP contribution in [-0.4, -0.2) is 121 Å². The Morgan fingerprint density at radius 2 is 0.688 bits per heavy atom. The Morgan fingerprint density at radius 1 is 0.438 bits per heavy atom. The van der Waals surface area contributed by atoms with Crippen molar-refractivity contribution in [2.24, 2.45) is 0 Å². The molecule has 0 heterocycles. The summed E-state index contributed by atoms with van der Waals surface area (Å²) in [4.78, 5) is 0. The maximum absolute atomic E-state index is 5.70. The zero-order valence-electron chi connectivity index (χ0n) is 20.5. The maximum Gasteiger partial charge on any atom is 0.183 e. The van der Waals surface area contributed by atoms with Gasteiger partial charge in [0.25, 0.3) is 0 Å². The van der Waals surface area contributed by atoms with Crippen LogP contribution >= 0.6 is 0 Å². The summed E-state index contributed by atoms with van der Waals surface area (Å²) in [5.41, 5.74) is 0. The first-order valence-electron chi connectivity index (χ1n) is 11.4. The Bertz CT molecular complexity index is 381. The molecule has 0 amide bonds. The van der Waals surface area contributed by atoms with E-state index in [1.807, 2.05) is 0 Å². The molecule has 0 unspecified atom stereocenters. The van der Waals surface area contributed by atoms with Crippen LogP contribution in [0.3, 0.4) is 0 Å². The summed E-state index contributed by atoms with van der Waals surface area (Å²) >= 11 is 0. The highest BCUT2D eigenvalue weighted by atomic mass is 28.4. The molecule has 10 heteroatoms. The highest BCUT2D eigenvalue weighted by Crippen LogP contribution is 2.01. The standard InChI is InChI=1S/C22H46O9Si/c1-5-6-23-7-8-24-9-10-25-11-12-26-13-14-27-15-16-28-17-18-29-19-20-30-21-22-31-32(2,3)4/h5H,1,6-22H2,2-4H3. The summed E-state index contributed by atoms with van der Waals surface area (Å²) in [6, 6.07) is 0. The van der Waals surface area contributed by atoms with E-state index in [0.29, 0.717) is 112 Å². The molecule has 0 atom stereocenters. The lowest BCUT2D eigenvalue weighted by Gasteiger charge is -2.16. The lowest BCUT2D eigenvalue weighted by Crippen LogP contribution is -2.27. The van der Waals surface area contributed by atoms with E-state index in [1.165, 1.54) is 0 Å². The van der Waals surface area contributed by atoms with Crippen LogP contribution < -0.4 is 0 Å². The van der Waals surface area contributed by atoms with Crippen LogP contribution in [0.2, 0.25) is 19.6 Å². The van der Waals surface area contributed by atoms with E-state index in [2.05, 4.69) is 26.2 Å². The predicted molar refractivity (Wildman–Crippen MR) is 126 cm³/mol. The van der Waals surface area contributed by atoms with E-state index in [1.54, 1.807) is 6.08 Å². The first kappa shape index (κ1) is 31.6. The fourth-order valence-corrected chi connectivity index (χ4v) is 2.81. The van der Waals surface area contributed by atoms with Gasteiger partial charge in [0.2, 0.25) is 0 Å². The van der Waals surface area contributed by atoms with Crippen molar-refractivity contribution in [3.63, 3.8) is 0 Å². The number of hydrogen-bond donors (Lipinski definition) is 0. The van der Waals surface area contributed by atoms with Crippen LogP contribution in [0.15, 0.2) is 12.7 Å². The van der Waals surface area contributed by atoms with Crippen molar-refractivity contribution in [2.75, 3.05) is 112 Å². The molecule has 0 saturated carbocycles. The molecule has 0 rings (SSSR count). The van der Waals surface area contributed by atoms with Crippen molar-refractivity contribution in [1.82, 2.24) is 0 Å². The third kappa shape index (κ3) is 29.6. The molecule has 0 bridgehead atoms. The largest absolute Gasteiger partial charge is 0.415 e. The van der Waals surface area contributed by atoms with Crippen LogP contribution in [0.1, 0.15) is 0 Å². The number of ether oxygens (including phenoxy) is 8. The van der Waals surface area contributed by atoms with Crippen LogP contribution in [-0.2, 0) is 42.3 Å². The van der Waals surface area contributed by atoms with Gasteiger partial charge in [-0.2, -0.15) is 0 Å². The van der Waals surface area contributed by atoms with Crippen LogP contribution in [0.5, 0.6) is 0 Å². The molecule has 0 aromatic rings. The minimum atomic E-state index is -1.44. The van der Waals surface area contributed by atoms with Crippen molar-refractivity contribution in [2.45, 2.75) is 19.6 Å². The highest BCUT2D eigenvalue weighted by molar-refractivity contribution is 6.69. The molecule has 0 aliphatic rings. The molecule has 0 saturated heterocycles. The monoisotopic (exact) mass is 482 g/mol. The molecule has 0 aliphatic heterocycles.